The lowest BCUT2D eigenvalue weighted by Gasteiger charge is -2.41. The largest absolute Gasteiger partial charge is 0.390 e. The number of fused-ring (bicyclic) bond motifs is 1. The molecule has 2 aliphatic heterocycles. The minimum Gasteiger partial charge on any atom is -0.390 e. The number of halogens is 1. The van der Waals surface area contributed by atoms with E-state index >= 15 is 0 Å². The zero-order valence-electron chi connectivity index (χ0n) is 21.8. The molecule has 2 saturated heterocycles. The van der Waals surface area contributed by atoms with Gasteiger partial charge in [0.05, 0.1) is 24.9 Å². The molecule has 0 bridgehead atoms. The summed E-state index contributed by atoms with van der Waals surface area (Å²) in [7, 11) is 0. The van der Waals surface area contributed by atoms with Crippen LogP contribution in [0.15, 0.2) is 49.1 Å². The SMILES string of the molecule is CC(C)c1ccc(N2CC(n3ccnn3)C2)c2cnc(Nc3ccnc(N4CC[C@@H](O)[C@@](C)(F)C4)n3)cc12. The van der Waals surface area contributed by atoms with Crippen molar-refractivity contribution < 1.29 is 9.50 Å². The maximum absolute atomic E-state index is 14.7. The molecule has 0 amide bonds. The fourth-order valence-electron chi connectivity index (χ4n) is 5.33. The van der Waals surface area contributed by atoms with Crippen LogP contribution in [0.25, 0.3) is 10.8 Å². The molecule has 10 nitrogen and oxygen atoms in total. The van der Waals surface area contributed by atoms with Crippen LogP contribution in [0.5, 0.6) is 0 Å². The summed E-state index contributed by atoms with van der Waals surface area (Å²) < 4.78 is 16.6. The molecule has 0 unspecified atom stereocenters. The van der Waals surface area contributed by atoms with Gasteiger partial charge >= 0.3 is 0 Å². The van der Waals surface area contributed by atoms with Crippen molar-refractivity contribution in [2.45, 2.75) is 50.9 Å². The van der Waals surface area contributed by atoms with E-state index in [1.165, 1.54) is 12.5 Å². The van der Waals surface area contributed by atoms with Crippen LogP contribution >= 0.6 is 0 Å². The molecule has 2 N–H and O–H groups in total. The number of rotatable bonds is 6. The number of aliphatic hydroxyl groups is 1. The normalized spacial score (nSPS) is 22.2. The average Bonchev–Trinajstić information content (AvgIpc) is 3.39. The molecule has 0 radical (unpaired) electrons. The number of nitrogens with zero attached hydrogens (tertiary/aromatic N) is 8. The van der Waals surface area contributed by atoms with Crippen molar-refractivity contribution in [2.24, 2.45) is 0 Å². The Kier molecular flexibility index (Phi) is 6.10. The van der Waals surface area contributed by atoms with E-state index < -0.39 is 11.8 Å². The molecule has 6 rings (SSSR count). The number of aromatic nitrogens is 6. The van der Waals surface area contributed by atoms with Gasteiger partial charge in [-0.2, -0.15) is 4.98 Å². The highest BCUT2D eigenvalue weighted by Crippen LogP contribution is 2.37. The van der Waals surface area contributed by atoms with Gasteiger partial charge in [-0.15, -0.1) is 5.10 Å². The molecular weight excluding hydrogens is 485 g/mol. The van der Waals surface area contributed by atoms with Crippen LogP contribution < -0.4 is 15.1 Å². The third kappa shape index (κ3) is 4.51. The lowest BCUT2D eigenvalue weighted by atomic mass is 9.94. The first kappa shape index (κ1) is 24.5. The maximum Gasteiger partial charge on any atom is 0.227 e. The van der Waals surface area contributed by atoms with Crippen molar-refractivity contribution in [3.05, 3.63) is 54.6 Å². The first-order chi connectivity index (χ1) is 18.3. The van der Waals surface area contributed by atoms with E-state index in [4.69, 9.17) is 4.98 Å². The zero-order chi connectivity index (χ0) is 26.4. The van der Waals surface area contributed by atoms with Crippen molar-refractivity contribution >= 4 is 34.0 Å². The second-order valence-corrected chi connectivity index (χ2v) is 10.8. The lowest BCUT2D eigenvalue weighted by molar-refractivity contribution is -0.00860. The van der Waals surface area contributed by atoms with Gasteiger partial charge in [-0.25, -0.2) is 19.0 Å². The van der Waals surface area contributed by atoms with Crippen molar-refractivity contribution in [3.8, 4) is 0 Å². The van der Waals surface area contributed by atoms with Gasteiger partial charge in [-0.05, 0) is 48.4 Å². The predicted octanol–water partition coefficient (Wildman–Crippen LogP) is 3.84. The maximum atomic E-state index is 14.7. The monoisotopic (exact) mass is 517 g/mol. The molecule has 0 saturated carbocycles. The topological polar surface area (TPSA) is 108 Å². The van der Waals surface area contributed by atoms with Crippen LogP contribution in [-0.2, 0) is 0 Å². The summed E-state index contributed by atoms with van der Waals surface area (Å²) in [5, 5.41) is 23.6. The van der Waals surface area contributed by atoms with Gasteiger partial charge < -0.3 is 20.2 Å². The Morgan fingerprint density at radius 1 is 1.08 bits per heavy atom. The Morgan fingerprint density at radius 2 is 1.92 bits per heavy atom. The third-order valence-electron chi connectivity index (χ3n) is 7.60. The van der Waals surface area contributed by atoms with Crippen molar-refractivity contribution in [2.75, 3.05) is 41.3 Å². The summed E-state index contributed by atoms with van der Waals surface area (Å²) in [6.07, 6.45) is 6.54. The second kappa shape index (κ2) is 9.46. The van der Waals surface area contributed by atoms with Crippen LogP contribution in [-0.4, -0.2) is 73.0 Å². The molecule has 2 aliphatic rings. The highest BCUT2D eigenvalue weighted by molar-refractivity contribution is 5.98. The molecule has 1 aromatic carbocycles. The third-order valence-corrected chi connectivity index (χ3v) is 7.60. The number of nitrogens with one attached hydrogen (secondary N) is 1. The Hall–Kier alpha value is -3.86. The first-order valence-corrected chi connectivity index (χ1v) is 13.0. The van der Waals surface area contributed by atoms with Crippen LogP contribution in [0, 0.1) is 0 Å². The highest BCUT2D eigenvalue weighted by atomic mass is 19.1. The molecule has 2 atom stereocenters. The molecule has 3 aromatic heterocycles. The first-order valence-electron chi connectivity index (χ1n) is 13.0. The van der Waals surface area contributed by atoms with E-state index in [2.05, 4.69) is 62.5 Å². The summed E-state index contributed by atoms with van der Waals surface area (Å²) in [6, 6.07) is 8.55. The van der Waals surface area contributed by atoms with E-state index in [0.717, 1.165) is 29.5 Å². The van der Waals surface area contributed by atoms with E-state index in [1.54, 1.807) is 23.4 Å². The summed E-state index contributed by atoms with van der Waals surface area (Å²) >= 11 is 0. The highest BCUT2D eigenvalue weighted by Gasteiger charge is 2.39. The standard InChI is InChI=1S/C27H32FN9O/c1-17(2)19-4-5-22(36-14-18(15-36)37-11-9-31-34-37)21-13-30-25(12-20(19)21)32-24-6-8-29-26(33-24)35-10-7-23(38)27(3,28)16-35/h4-6,8-9,11-13,17-18,23,38H,7,10,14-16H2,1-3H3,(H,29,30,32,33)/t23-,27+/m1/s1. The summed E-state index contributed by atoms with van der Waals surface area (Å²) in [5.41, 5.74) is 0.701. The number of piperidine rings is 1. The van der Waals surface area contributed by atoms with Crippen LogP contribution in [0.2, 0.25) is 0 Å². The lowest BCUT2D eigenvalue weighted by Crippen LogP contribution is -2.52. The Bertz CT molecular complexity index is 1440. The quantitative estimate of drug-likeness (QED) is 0.394. The van der Waals surface area contributed by atoms with Gasteiger partial charge in [-0.1, -0.05) is 25.1 Å². The summed E-state index contributed by atoms with van der Waals surface area (Å²) in [4.78, 5) is 17.8. The molecule has 5 heterocycles. The number of pyridine rings is 1. The van der Waals surface area contributed by atoms with Crippen LogP contribution in [0.1, 0.15) is 44.7 Å². The van der Waals surface area contributed by atoms with E-state index in [1.807, 2.05) is 17.1 Å². The number of hydrogen-bond acceptors (Lipinski definition) is 9. The number of aliphatic hydroxyl groups excluding tert-OH is 1. The van der Waals surface area contributed by atoms with E-state index in [0.29, 0.717) is 42.5 Å². The van der Waals surface area contributed by atoms with Gasteiger partial charge in [0, 0.05) is 49.3 Å². The van der Waals surface area contributed by atoms with E-state index in [9.17, 15) is 9.50 Å². The molecular formula is C27H32FN9O. The van der Waals surface area contributed by atoms with Gasteiger partial charge in [0.2, 0.25) is 5.95 Å². The minimum absolute atomic E-state index is 0.0423. The predicted molar refractivity (Wildman–Crippen MR) is 145 cm³/mol. The van der Waals surface area contributed by atoms with Gasteiger partial charge in [0.15, 0.2) is 5.67 Å². The Labute approximate surface area is 220 Å². The molecule has 0 aliphatic carbocycles. The smallest absolute Gasteiger partial charge is 0.227 e. The molecule has 38 heavy (non-hydrogen) atoms. The number of benzene rings is 1. The zero-order valence-corrected chi connectivity index (χ0v) is 21.8. The van der Waals surface area contributed by atoms with Gasteiger partial charge in [-0.3, -0.25) is 0 Å². The Morgan fingerprint density at radius 3 is 2.66 bits per heavy atom. The van der Waals surface area contributed by atoms with E-state index in [-0.39, 0.29) is 6.54 Å². The summed E-state index contributed by atoms with van der Waals surface area (Å²) in [6.45, 7) is 8.08. The number of alkyl halides is 1. The second-order valence-electron chi connectivity index (χ2n) is 10.8. The molecule has 0 spiro atoms. The number of anilines is 4. The molecule has 2 fully saturated rings. The van der Waals surface area contributed by atoms with Crippen molar-refractivity contribution in [3.63, 3.8) is 0 Å². The van der Waals surface area contributed by atoms with Gasteiger partial charge in [0.1, 0.15) is 11.6 Å². The fraction of sp³-hybridized carbons (Fsp3) is 0.444. The fourth-order valence-corrected chi connectivity index (χ4v) is 5.33. The van der Waals surface area contributed by atoms with Crippen LogP contribution in [0.4, 0.5) is 27.7 Å². The Balaban J connectivity index is 1.26. The van der Waals surface area contributed by atoms with Crippen molar-refractivity contribution in [1.82, 2.24) is 29.9 Å². The van der Waals surface area contributed by atoms with Crippen molar-refractivity contribution in [1.29, 1.82) is 0 Å². The minimum atomic E-state index is -1.71. The number of hydrogen-bond donors (Lipinski definition) is 2. The van der Waals surface area contributed by atoms with Crippen LogP contribution in [0.3, 0.4) is 0 Å². The van der Waals surface area contributed by atoms with Gasteiger partial charge in [0.25, 0.3) is 0 Å². The average molecular weight is 518 g/mol. The molecule has 4 aromatic rings. The molecule has 198 valence electrons. The summed E-state index contributed by atoms with van der Waals surface area (Å²) in [5.74, 6) is 2.02. The molecule has 11 heteroatoms.